The van der Waals surface area contributed by atoms with Crippen molar-refractivity contribution in [3.63, 3.8) is 0 Å². The van der Waals surface area contributed by atoms with E-state index in [4.69, 9.17) is 22.1 Å². The monoisotopic (exact) mass is 243 g/mol. The molecule has 1 rings (SSSR count). The van der Waals surface area contributed by atoms with E-state index in [0.717, 1.165) is 25.2 Å². The van der Waals surface area contributed by atoms with Crippen LogP contribution in [0.4, 0.5) is 5.69 Å². The topological polar surface area (TPSA) is 51.4 Å². The van der Waals surface area contributed by atoms with Gasteiger partial charge in [0.05, 0.1) is 17.3 Å². The van der Waals surface area contributed by atoms with Crippen LogP contribution in [0, 0.1) is 0 Å². The molecule has 0 radical (unpaired) electrons. The van der Waals surface area contributed by atoms with E-state index >= 15 is 0 Å². The fourth-order valence-electron chi connectivity index (χ4n) is 1.46. The Bertz CT molecular complexity index is 301. The van der Waals surface area contributed by atoms with Crippen LogP contribution in [0.2, 0.25) is 5.02 Å². The zero-order chi connectivity index (χ0) is 11.8. The molecule has 0 aromatic carbocycles. The molecule has 2 N–H and O–H groups in total. The van der Waals surface area contributed by atoms with Crippen molar-refractivity contribution >= 4 is 17.3 Å². The van der Waals surface area contributed by atoms with Crippen molar-refractivity contribution in [1.82, 2.24) is 4.98 Å². The van der Waals surface area contributed by atoms with E-state index in [-0.39, 0.29) is 0 Å². The van der Waals surface area contributed by atoms with Gasteiger partial charge >= 0.3 is 0 Å². The highest BCUT2D eigenvalue weighted by molar-refractivity contribution is 6.33. The summed E-state index contributed by atoms with van der Waals surface area (Å²) in [5, 5.41) is 0.663. The van der Waals surface area contributed by atoms with Crippen LogP contribution in [-0.2, 0) is 4.74 Å². The van der Waals surface area contributed by atoms with Gasteiger partial charge in [-0.1, -0.05) is 11.6 Å². The van der Waals surface area contributed by atoms with E-state index < -0.39 is 0 Å². The first-order chi connectivity index (χ1) is 7.79. The minimum atomic E-state index is 0.663. The molecular weight excluding hydrogens is 226 g/mol. The number of nitrogens with two attached hydrogens (primary N) is 1. The maximum absolute atomic E-state index is 6.10. The maximum Gasteiger partial charge on any atom is 0.0822 e. The second-order valence-electron chi connectivity index (χ2n) is 3.45. The van der Waals surface area contributed by atoms with E-state index in [1.54, 1.807) is 19.5 Å². The Hall–Kier alpha value is -0.840. The first-order valence-electron chi connectivity index (χ1n) is 5.33. The minimum Gasteiger partial charge on any atom is -0.383 e. The molecule has 0 fully saturated rings. The standard InChI is InChI=1S/C11H18ClN3O/c1-16-8-7-15(6-2-4-13)11-3-5-14-9-10(11)12/h3,5,9H,2,4,6-8,13H2,1H3. The van der Waals surface area contributed by atoms with Crippen molar-refractivity contribution in [3.05, 3.63) is 23.5 Å². The molecule has 0 bridgehead atoms. The summed E-state index contributed by atoms with van der Waals surface area (Å²) in [5.74, 6) is 0. The van der Waals surface area contributed by atoms with Gasteiger partial charge in [0.15, 0.2) is 0 Å². The second kappa shape index (κ2) is 7.44. The summed E-state index contributed by atoms with van der Waals surface area (Å²) in [6.07, 6.45) is 4.32. The van der Waals surface area contributed by atoms with Crippen molar-refractivity contribution in [1.29, 1.82) is 0 Å². The maximum atomic E-state index is 6.10. The summed E-state index contributed by atoms with van der Waals surface area (Å²) < 4.78 is 5.08. The normalized spacial score (nSPS) is 10.4. The summed E-state index contributed by atoms with van der Waals surface area (Å²) in [7, 11) is 1.69. The third-order valence-corrected chi connectivity index (χ3v) is 2.58. The molecule has 90 valence electrons. The van der Waals surface area contributed by atoms with Crippen molar-refractivity contribution in [2.75, 3.05) is 38.3 Å². The van der Waals surface area contributed by atoms with Crippen LogP contribution in [0.5, 0.6) is 0 Å². The average molecular weight is 244 g/mol. The number of hydrogen-bond donors (Lipinski definition) is 1. The summed E-state index contributed by atoms with van der Waals surface area (Å²) in [6.45, 7) is 3.03. The fourth-order valence-corrected chi connectivity index (χ4v) is 1.70. The van der Waals surface area contributed by atoms with Gasteiger partial charge in [-0.15, -0.1) is 0 Å². The SMILES string of the molecule is COCCN(CCCN)c1ccncc1Cl. The third-order valence-electron chi connectivity index (χ3n) is 2.29. The Morgan fingerprint density at radius 3 is 2.94 bits per heavy atom. The lowest BCUT2D eigenvalue weighted by atomic mass is 10.3. The molecule has 0 aliphatic heterocycles. The van der Waals surface area contributed by atoms with E-state index in [1.807, 2.05) is 6.07 Å². The molecule has 0 saturated heterocycles. The highest BCUT2D eigenvalue weighted by Crippen LogP contribution is 2.23. The van der Waals surface area contributed by atoms with Gasteiger partial charge in [0, 0.05) is 32.6 Å². The molecule has 1 aromatic heterocycles. The Labute approximate surface area is 101 Å². The summed E-state index contributed by atoms with van der Waals surface area (Å²) in [6, 6.07) is 1.91. The quantitative estimate of drug-likeness (QED) is 0.789. The number of halogens is 1. The molecule has 4 nitrogen and oxygen atoms in total. The van der Waals surface area contributed by atoms with Crippen molar-refractivity contribution in [2.45, 2.75) is 6.42 Å². The third kappa shape index (κ3) is 3.96. The molecule has 0 saturated carbocycles. The lowest BCUT2D eigenvalue weighted by Crippen LogP contribution is -2.29. The zero-order valence-electron chi connectivity index (χ0n) is 9.53. The minimum absolute atomic E-state index is 0.663. The van der Waals surface area contributed by atoms with Gasteiger partial charge < -0.3 is 15.4 Å². The second-order valence-corrected chi connectivity index (χ2v) is 3.86. The highest BCUT2D eigenvalue weighted by Gasteiger charge is 2.09. The fraction of sp³-hybridized carbons (Fsp3) is 0.545. The zero-order valence-corrected chi connectivity index (χ0v) is 10.3. The van der Waals surface area contributed by atoms with Gasteiger partial charge in [-0.3, -0.25) is 4.98 Å². The number of nitrogens with zero attached hydrogens (tertiary/aromatic N) is 2. The van der Waals surface area contributed by atoms with Crippen molar-refractivity contribution in [3.8, 4) is 0 Å². The summed E-state index contributed by atoms with van der Waals surface area (Å²) in [4.78, 5) is 6.14. The van der Waals surface area contributed by atoms with E-state index in [2.05, 4.69) is 9.88 Å². The van der Waals surface area contributed by atoms with Crippen molar-refractivity contribution in [2.24, 2.45) is 5.73 Å². The number of hydrogen-bond acceptors (Lipinski definition) is 4. The van der Waals surface area contributed by atoms with Gasteiger partial charge in [-0.25, -0.2) is 0 Å². The van der Waals surface area contributed by atoms with E-state index in [0.29, 0.717) is 18.2 Å². The van der Waals surface area contributed by atoms with Crippen LogP contribution < -0.4 is 10.6 Å². The largest absolute Gasteiger partial charge is 0.383 e. The summed E-state index contributed by atoms with van der Waals surface area (Å²) in [5.41, 5.74) is 6.51. The molecule has 0 atom stereocenters. The molecule has 0 unspecified atom stereocenters. The van der Waals surface area contributed by atoms with Gasteiger partial charge in [-0.2, -0.15) is 0 Å². The lowest BCUT2D eigenvalue weighted by molar-refractivity contribution is 0.205. The molecule has 16 heavy (non-hydrogen) atoms. The highest BCUT2D eigenvalue weighted by atomic mass is 35.5. The number of rotatable bonds is 7. The van der Waals surface area contributed by atoms with Crippen molar-refractivity contribution < 1.29 is 4.74 Å². The van der Waals surface area contributed by atoms with Crippen LogP contribution in [0.15, 0.2) is 18.5 Å². The molecule has 0 aliphatic rings. The van der Waals surface area contributed by atoms with Gasteiger partial charge in [0.25, 0.3) is 0 Å². The number of pyridine rings is 1. The van der Waals surface area contributed by atoms with Crippen LogP contribution in [0.1, 0.15) is 6.42 Å². The predicted molar refractivity (Wildman–Crippen MR) is 67.0 cm³/mol. The smallest absolute Gasteiger partial charge is 0.0822 e. The Morgan fingerprint density at radius 1 is 1.50 bits per heavy atom. The molecule has 1 heterocycles. The Kier molecular flexibility index (Phi) is 6.15. The number of methoxy groups -OCH3 is 1. The van der Waals surface area contributed by atoms with Crippen LogP contribution in [0.25, 0.3) is 0 Å². The van der Waals surface area contributed by atoms with Crippen LogP contribution in [-0.4, -0.2) is 38.3 Å². The Balaban J connectivity index is 2.70. The first-order valence-corrected chi connectivity index (χ1v) is 5.71. The molecule has 5 heteroatoms. The average Bonchev–Trinajstić information content (AvgIpc) is 2.31. The number of aromatic nitrogens is 1. The molecule has 1 aromatic rings. The Morgan fingerprint density at radius 2 is 2.31 bits per heavy atom. The number of anilines is 1. The van der Waals surface area contributed by atoms with E-state index in [9.17, 15) is 0 Å². The lowest BCUT2D eigenvalue weighted by Gasteiger charge is -2.25. The summed E-state index contributed by atoms with van der Waals surface area (Å²) >= 11 is 6.10. The molecule has 0 aliphatic carbocycles. The molecule has 0 spiro atoms. The van der Waals surface area contributed by atoms with Crippen LogP contribution in [0.3, 0.4) is 0 Å². The van der Waals surface area contributed by atoms with Gasteiger partial charge in [0.1, 0.15) is 0 Å². The van der Waals surface area contributed by atoms with E-state index in [1.165, 1.54) is 0 Å². The van der Waals surface area contributed by atoms with Gasteiger partial charge in [0.2, 0.25) is 0 Å². The van der Waals surface area contributed by atoms with Gasteiger partial charge in [-0.05, 0) is 19.0 Å². The molecular formula is C11H18ClN3O. The molecule has 0 amide bonds. The predicted octanol–water partition coefficient (Wildman–Crippen LogP) is 1.54. The van der Waals surface area contributed by atoms with Crippen LogP contribution >= 0.6 is 11.6 Å². The first kappa shape index (κ1) is 13.2. The number of ether oxygens (including phenoxy) is 1.